The third-order valence-corrected chi connectivity index (χ3v) is 10.8. The molecule has 4 aromatic rings. The van der Waals surface area contributed by atoms with Crippen molar-refractivity contribution in [1.29, 1.82) is 0 Å². The molecule has 2 aromatic heterocycles. The van der Waals surface area contributed by atoms with E-state index in [9.17, 15) is 9.59 Å². The first-order valence-electron chi connectivity index (χ1n) is 18.0. The molecule has 262 valence electrons. The molecule has 2 aromatic carbocycles. The van der Waals surface area contributed by atoms with Crippen LogP contribution in [0.15, 0.2) is 42.5 Å². The van der Waals surface area contributed by atoms with Crippen LogP contribution in [-0.4, -0.2) is 73.1 Å². The van der Waals surface area contributed by atoms with Crippen molar-refractivity contribution < 1.29 is 9.59 Å². The minimum atomic E-state index is -0.443. The Morgan fingerprint density at radius 3 is 1.84 bits per heavy atom. The molecule has 0 aliphatic carbocycles. The van der Waals surface area contributed by atoms with Gasteiger partial charge in [0.2, 0.25) is 0 Å². The maximum Gasteiger partial charge on any atom is 0.253 e. The van der Waals surface area contributed by atoms with Gasteiger partial charge < -0.3 is 20.4 Å². The fourth-order valence-corrected chi connectivity index (χ4v) is 6.85. The number of likely N-dealkylation sites (tertiary alicyclic amines) is 2. The van der Waals surface area contributed by atoms with Gasteiger partial charge in [-0.2, -0.15) is 0 Å². The predicted molar refractivity (Wildman–Crippen MR) is 197 cm³/mol. The molecule has 2 aliphatic heterocycles. The second-order valence-corrected chi connectivity index (χ2v) is 16.2. The van der Waals surface area contributed by atoms with Crippen molar-refractivity contribution in [3.05, 3.63) is 70.7 Å². The Balaban J connectivity index is 1.28. The van der Waals surface area contributed by atoms with Gasteiger partial charge in [0.1, 0.15) is 0 Å². The molecule has 4 heterocycles. The van der Waals surface area contributed by atoms with E-state index < -0.39 is 11.0 Å². The van der Waals surface area contributed by atoms with Crippen LogP contribution in [0.1, 0.15) is 125 Å². The lowest BCUT2D eigenvalue weighted by molar-refractivity contribution is 0.0722. The third-order valence-electron chi connectivity index (χ3n) is 10.8. The minimum absolute atomic E-state index is 0.00874. The Morgan fingerprint density at radius 1 is 0.714 bits per heavy atom. The van der Waals surface area contributed by atoms with Crippen molar-refractivity contribution >= 4 is 34.5 Å². The van der Waals surface area contributed by atoms with Gasteiger partial charge >= 0.3 is 0 Å². The maximum absolute atomic E-state index is 13.7. The quantitative estimate of drug-likeness (QED) is 0.177. The van der Waals surface area contributed by atoms with Gasteiger partial charge in [-0.15, -0.1) is 10.2 Å². The number of hydrogen-bond donors (Lipinski definition) is 3. The topological polar surface area (TPSA) is 111 Å². The number of aromatic amines is 1. The van der Waals surface area contributed by atoms with Gasteiger partial charge in [0.25, 0.3) is 11.8 Å². The van der Waals surface area contributed by atoms with E-state index in [0.29, 0.717) is 11.1 Å². The third kappa shape index (κ3) is 7.05. The Labute approximate surface area is 291 Å². The second-order valence-electron chi connectivity index (χ2n) is 16.2. The number of fused-ring (bicyclic) bond motifs is 1. The number of hydrogen-bond acceptors (Lipinski definition) is 6. The molecule has 10 nitrogen and oxygen atoms in total. The van der Waals surface area contributed by atoms with E-state index >= 15 is 0 Å². The number of aromatic nitrogens is 4. The molecule has 0 spiro atoms. The average Bonchev–Trinajstić information content (AvgIpc) is 3.68. The molecule has 0 radical (unpaired) electrons. The predicted octanol–water partition coefficient (Wildman–Crippen LogP) is 7.83. The fourth-order valence-electron chi connectivity index (χ4n) is 6.85. The molecule has 0 bridgehead atoms. The summed E-state index contributed by atoms with van der Waals surface area (Å²) in [5.74, 6) is 0.833. The molecule has 2 fully saturated rings. The zero-order valence-electron chi connectivity index (χ0n) is 30.7. The minimum Gasteiger partial charge on any atom is -0.379 e. The van der Waals surface area contributed by atoms with E-state index in [0.717, 1.165) is 104 Å². The van der Waals surface area contributed by atoms with Gasteiger partial charge in [-0.05, 0) is 95.2 Å². The first-order valence-corrected chi connectivity index (χ1v) is 18.0. The van der Waals surface area contributed by atoms with Gasteiger partial charge in [-0.3, -0.25) is 14.7 Å². The van der Waals surface area contributed by atoms with E-state index in [4.69, 9.17) is 0 Å². The summed E-state index contributed by atoms with van der Waals surface area (Å²) in [4.78, 5) is 31.2. The van der Waals surface area contributed by atoms with Gasteiger partial charge in [0.15, 0.2) is 11.5 Å². The highest BCUT2D eigenvalue weighted by molar-refractivity contribution is 6.01. The maximum atomic E-state index is 13.7. The smallest absolute Gasteiger partial charge is 0.253 e. The molecule has 6 rings (SSSR count). The number of anilines is 3. The molecule has 2 saturated heterocycles. The number of piperidine rings is 2. The molecule has 0 atom stereocenters. The molecular weight excluding hydrogens is 612 g/mol. The first kappa shape index (κ1) is 34.5. The molecule has 49 heavy (non-hydrogen) atoms. The molecule has 2 aliphatic rings. The Hall–Kier alpha value is -4.34. The number of carbonyl (C=O) groups is 2. The van der Waals surface area contributed by atoms with E-state index in [1.165, 1.54) is 0 Å². The van der Waals surface area contributed by atoms with Crippen molar-refractivity contribution in [2.24, 2.45) is 0 Å². The summed E-state index contributed by atoms with van der Waals surface area (Å²) in [7, 11) is 0. The number of nitrogens with zero attached hydrogens (tertiary/aromatic N) is 5. The SMILES string of the molecule is Cc1ccc(Nc2cc(C(=O)N3CCCCC3)cc(C(=O)N3CCCCC3)c2)cc1NC(C)(C)C(C)(C)c1nnc2cc(C(C)(C)C)[nH]n12. The van der Waals surface area contributed by atoms with E-state index in [2.05, 4.69) is 99.5 Å². The van der Waals surface area contributed by atoms with Crippen LogP contribution in [0.25, 0.3) is 5.65 Å². The number of H-pyrrole nitrogens is 1. The largest absolute Gasteiger partial charge is 0.379 e. The number of rotatable bonds is 8. The molecular formula is C39H54N8O2. The zero-order valence-corrected chi connectivity index (χ0v) is 30.7. The summed E-state index contributed by atoms with van der Waals surface area (Å²) in [6.45, 7) is 20.4. The van der Waals surface area contributed by atoms with E-state index in [1.807, 2.05) is 32.5 Å². The van der Waals surface area contributed by atoms with Crippen molar-refractivity contribution in [1.82, 2.24) is 29.6 Å². The van der Waals surface area contributed by atoms with Crippen LogP contribution < -0.4 is 10.6 Å². The van der Waals surface area contributed by atoms with Gasteiger partial charge in [-0.1, -0.05) is 40.7 Å². The summed E-state index contributed by atoms with van der Waals surface area (Å²) in [5, 5.41) is 20.1. The molecule has 3 N–H and O–H groups in total. The summed E-state index contributed by atoms with van der Waals surface area (Å²) >= 11 is 0. The Bertz CT molecular complexity index is 1780. The summed E-state index contributed by atoms with van der Waals surface area (Å²) in [6.07, 6.45) is 6.35. The lowest BCUT2D eigenvalue weighted by Gasteiger charge is -2.42. The second kappa shape index (κ2) is 13.2. The van der Waals surface area contributed by atoms with Crippen LogP contribution in [-0.2, 0) is 10.8 Å². The lowest BCUT2D eigenvalue weighted by atomic mass is 9.73. The van der Waals surface area contributed by atoms with Crippen molar-refractivity contribution in [3.63, 3.8) is 0 Å². The molecule has 0 saturated carbocycles. The standard InChI is InChI=1S/C39H54N8O2/c1-26-15-16-29(24-31(26)41-39(7,8)38(5,6)36-43-42-33-25-32(37(2,3)4)44-47(33)36)40-30-22-27(34(48)45-17-11-9-12-18-45)21-28(23-30)35(49)46-19-13-10-14-20-46/h15-16,21-25,40-41,44H,9-14,17-20H2,1-8H3. The normalized spacial score (nSPS) is 16.2. The van der Waals surface area contributed by atoms with Crippen LogP contribution in [0, 0.1) is 6.92 Å². The van der Waals surface area contributed by atoms with Gasteiger partial charge in [0, 0.05) is 82.5 Å². The van der Waals surface area contributed by atoms with E-state index in [-0.39, 0.29) is 17.2 Å². The fraction of sp³-hybridized carbons (Fsp3) is 0.538. The lowest BCUT2D eigenvalue weighted by Crippen LogP contribution is -2.50. The van der Waals surface area contributed by atoms with Crippen molar-refractivity contribution in [2.45, 2.75) is 110 Å². The first-order chi connectivity index (χ1) is 23.1. The number of nitrogens with one attached hydrogen (secondary N) is 3. The van der Waals surface area contributed by atoms with Crippen LogP contribution in [0.5, 0.6) is 0 Å². The highest BCUT2D eigenvalue weighted by atomic mass is 16.2. The van der Waals surface area contributed by atoms with Crippen LogP contribution in [0.4, 0.5) is 17.1 Å². The number of benzene rings is 2. The molecule has 10 heteroatoms. The van der Waals surface area contributed by atoms with Crippen LogP contribution in [0.2, 0.25) is 0 Å². The Kier molecular flexibility index (Phi) is 9.28. The highest BCUT2D eigenvalue weighted by Gasteiger charge is 2.43. The van der Waals surface area contributed by atoms with Crippen LogP contribution in [0.3, 0.4) is 0 Å². The number of carbonyl (C=O) groups excluding carboxylic acids is 2. The Morgan fingerprint density at radius 2 is 1.29 bits per heavy atom. The van der Waals surface area contributed by atoms with Gasteiger partial charge in [-0.25, -0.2) is 4.52 Å². The number of aryl methyl sites for hydroxylation is 1. The zero-order chi connectivity index (χ0) is 35.1. The highest BCUT2D eigenvalue weighted by Crippen LogP contribution is 2.38. The van der Waals surface area contributed by atoms with Crippen molar-refractivity contribution in [3.8, 4) is 0 Å². The van der Waals surface area contributed by atoms with Crippen molar-refractivity contribution in [2.75, 3.05) is 36.8 Å². The van der Waals surface area contributed by atoms with Crippen LogP contribution >= 0.6 is 0 Å². The molecule has 0 unspecified atom stereocenters. The van der Waals surface area contributed by atoms with Gasteiger partial charge in [0.05, 0.1) is 0 Å². The summed E-state index contributed by atoms with van der Waals surface area (Å²) in [6, 6.07) is 13.9. The number of amides is 2. The monoisotopic (exact) mass is 666 g/mol. The summed E-state index contributed by atoms with van der Waals surface area (Å²) in [5.41, 5.74) is 5.79. The molecule has 2 amide bonds. The average molecular weight is 667 g/mol. The van der Waals surface area contributed by atoms with E-state index in [1.54, 1.807) is 6.07 Å². The summed E-state index contributed by atoms with van der Waals surface area (Å²) < 4.78 is 2.01.